The monoisotopic (exact) mass is 276 g/mol. The fourth-order valence-corrected chi connectivity index (χ4v) is 1.54. The third kappa shape index (κ3) is 7.83. The summed E-state index contributed by atoms with van der Waals surface area (Å²) >= 11 is 5.96. The molecule has 0 radical (unpaired) electrons. The predicted molar refractivity (Wildman–Crippen MR) is 68.7 cm³/mol. The first kappa shape index (κ1) is 16.6. The first-order chi connectivity index (χ1) is 8.34. The van der Waals surface area contributed by atoms with Gasteiger partial charge in [-0.25, -0.2) is 0 Å². The summed E-state index contributed by atoms with van der Waals surface area (Å²) in [5.41, 5.74) is 0.811. The van der Waals surface area contributed by atoms with Crippen LogP contribution in [-0.4, -0.2) is 22.8 Å². The van der Waals surface area contributed by atoms with E-state index in [1.807, 2.05) is 18.2 Å². The minimum atomic E-state index is -1.75. The van der Waals surface area contributed by atoms with Crippen LogP contribution in [0.25, 0.3) is 0 Å². The molecule has 0 aromatic heterocycles. The molecule has 0 spiro atoms. The van der Waals surface area contributed by atoms with Crippen molar-refractivity contribution in [1.29, 1.82) is 0 Å². The quantitative estimate of drug-likeness (QED) is 0.635. The Morgan fingerprint density at radius 1 is 1.39 bits per heavy atom. The minimum absolute atomic E-state index is 0.480. The van der Waals surface area contributed by atoms with Gasteiger partial charge in [0.2, 0.25) is 0 Å². The fraction of sp³-hybridized carbons (Fsp3) is 0.455. The van der Waals surface area contributed by atoms with Crippen molar-refractivity contribution >= 4 is 11.6 Å². The zero-order valence-electron chi connectivity index (χ0n) is 10.2. The van der Waals surface area contributed by atoms with Gasteiger partial charge in [0, 0.05) is 10.6 Å². The van der Waals surface area contributed by atoms with Crippen LogP contribution in [0.15, 0.2) is 24.3 Å². The molecule has 6 nitrogen and oxygen atoms in total. The van der Waals surface area contributed by atoms with E-state index in [1.165, 1.54) is 0 Å². The largest absolute Gasteiger partial charge is 0.382 e. The molecule has 18 heavy (non-hydrogen) atoms. The molecule has 1 atom stereocenters. The molecular formula is C11H17ClN2O4. The number of nitrogens with zero attached hydrogens (tertiary/aromatic N) is 1. The Kier molecular flexibility index (Phi) is 8.02. The molecule has 0 heterocycles. The first-order valence-electron chi connectivity index (χ1n) is 5.42. The molecule has 1 rings (SSSR count). The van der Waals surface area contributed by atoms with E-state index < -0.39 is 11.2 Å². The second kappa shape index (κ2) is 8.68. The highest BCUT2D eigenvalue weighted by atomic mass is 35.5. The molecule has 0 saturated carbocycles. The Bertz CT molecular complexity index is 370. The lowest BCUT2D eigenvalue weighted by Crippen LogP contribution is -2.89. The van der Waals surface area contributed by atoms with E-state index in [0.717, 1.165) is 5.56 Å². The molecule has 0 aliphatic heterocycles. The van der Waals surface area contributed by atoms with Gasteiger partial charge in [-0.15, -0.1) is 0 Å². The van der Waals surface area contributed by atoms with E-state index in [2.05, 4.69) is 19.2 Å². The number of benzene rings is 1. The number of nitrogens with two attached hydrogens (primary N) is 1. The third-order valence-corrected chi connectivity index (χ3v) is 2.44. The van der Waals surface area contributed by atoms with Crippen LogP contribution in [0.3, 0.4) is 0 Å². The third-order valence-electron chi connectivity index (χ3n) is 2.09. The fourth-order valence-electron chi connectivity index (χ4n) is 1.27. The van der Waals surface area contributed by atoms with E-state index in [1.54, 1.807) is 6.07 Å². The summed E-state index contributed by atoms with van der Waals surface area (Å²) in [6, 6.07) is 7.91. The van der Waals surface area contributed by atoms with Crippen molar-refractivity contribution in [2.24, 2.45) is 0 Å². The maximum absolute atomic E-state index is 9.83. The zero-order chi connectivity index (χ0) is 14.1. The zero-order valence-corrected chi connectivity index (χ0v) is 11.0. The molecule has 0 aliphatic carbocycles. The van der Waals surface area contributed by atoms with Crippen molar-refractivity contribution in [3.63, 3.8) is 0 Å². The molecule has 0 unspecified atom stereocenters. The average molecular weight is 277 g/mol. The molecular weight excluding hydrogens is 260 g/mol. The topological polar surface area (TPSA) is 103 Å². The number of quaternary nitrogens is 1. The van der Waals surface area contributed by atoms with E-state index in [0.29, 0.717) is 17.6 Å². The number of aliphatic hydroxyl groups is 1. The summed E-state index contributed by atoms with van der Waals surface area (Å²) in [6.07, 6.45) is -0.480. The average Bonchev–Trinajstić information content (AvgIpc) is 2.25. The van der Waals surface area contributed by atoms with Crippen LogP contribution in [-0.2, 0) is 0 Å². The van der Waals surface area contributed by atoms with Crippen molar-refractivity contribution in [3.05, 3.63) is 50.2 Å². The lowest BCUT2D eigenvalue weighted by molar-refractivity contribution is -0.689. The van der Waals surface area contributed by atoms with E-state index in [9.17, 15) is 5.11 Å². The van der Waals surface area contributed by atoms with Gasteiger partial charge in [0.05, 0.1) is 11.1 Å². The highest BCUT2D eigenvalue weighted by Gasteiger charge is 2.12. The lowest BCUT2D eigenvalue weighted by atomic mass is 10.1. The lowest BCUT2D eigenvalue weighted by Gasteiger charge is -2.12. The molecule has 0 bridgehead atoms. The van der Waals surface area contributed by atoms with Gasteiger partial charge < -0.3 is 25.7 Å². The Balaban J connectivity index is 0.000000631. The maximum atomic E-state index is 9.83. The SMILES string of the molecule is CC(C)[NH2+]C[C@H](O)c1ccccc1Cl.O=[N+]([O-])[O-]. The Morgan fingerprint density at radius 3 is 2.33 bits per heavy atom. The summed E-state index contributed by atoms with van der Waals surface area (Å²) in [6.45, 7) is 4.85. The van der Waals surface area contributed by atoms with Gasteiger partial charge in [-0.3, -0.25) is 0 Å². The molecule has 0 fully saturated rings. The van der Waals surface area contributed by atoms with E-state index >= 15 is 0 Å². The number of aliphatic hydroxyl groups excluding tert-OH is 1. The molecule has 3 N–H and O–H groups in total. The van der Waals surface area contributed by atoms with Crippen molar-refractivity contribution in [2.75, 3.05) is 6.54 Å². The van der Waals surface area contributed by atoms with Gasteiger partial charge in [0.1, 0.15) is 12.6 Å². The summed E-state index contributed by atoms with van der Waals surface area (Å²) in [7, 11) is 0. The predicted octanol–water partition coefficient (Wildman–Crippen LogP) is 1.11. The summed E-state index contributed by atoms with van der Waals surface area (Å²) < 4.78 is 0. The normalized spacial score (nSPS) is 11.6. The minimum Gasteiger partial charge on any atom is -0.382 e. The second-order valence-corrected chi connectivity index (χ2v) is 4.38. The molecule has 0 amide bonds. The molecule has 0 saturated heterocycles. The van der Waals surface area contributed by atoms with Crippen molar-refractivity contribution < 1.29 is 15.5 Å². The van der Waals surface area contributed by atoms with Gasteiger partial charge in [-0.2, -0.15) is 0 Å². The van der Waals surface area contributed by atoms with Crippen LogP contribution < -0.4 is 5.32 Å². The number of halogens is 1. The Morgan fingerprint density at radius 2 is 1.89 bits per heavy atom. The number of hydrogen-bond acceptors (Lipinski definition) is 4. The van der Waals surface area contributed by atoms with Crippen LogP contribution in [0.2, 0.25) is 5.02 Å². The first-order valence-corrected chi connectivity index (χ1v) is 5.79. The Hall–Kier alpha value is -1.37. The van der Waals surface area contributed by atoms with Gasteiger partial charge in [0.15, 0.2) is 0 Å². The summed E-state index contributed by atoms with van der Waals surface area (Å²) in [5.74, 6) is 0. The van der Waals surface area contributed by atoms with Crippen molar-refractivity contribution in [2.45, 2.75) is 26.0 Å². The van der Waals surface area contributed by atoms with E-state index in [-0.39, 0.29) is 0 Å². The van der Waals surface area contributed by atoms with Crippen LogP contribution >= 0.6 is 11.6 Å². The van der Waals surface area contributed by atoms with Gasteiger partial charge in [-0.1, -0.05) is 29.8 Å². The molecule has 102 valence electrons. The van der Waals surface area contributed by atoms with Crippen LogP contribution in [0.4, 0.5) is 0 Å². The van der Waals surface area contributed by atoms with Crippen molar-refractivity contribution in [3.8, 4) is 0 Å². The highest BCUT2D eigenvalue weighted by Crippen LogP contribution is 2.21. The van der Waals surface area contributed by atoms with Gasteiger partial charge >= 0.3 is 0 Å². The van der Waals surface area contributed by atoms with Crippen LogP contribution in [0, 0.1) is 15.3 Å². The van der Waals surface area contributed by atoms with Crippen LogP contribution in [0.5, 0.6) is 0 Å². The summed E-state index contributed by atoms with van der Waals surface area (Å²) in [4.78, 5) is 8.25. The second-order valence-electron chi connectivity index (χ2n) is 3.98. The number of hydrogen-bond donors (Lipinski definition) is 2. The molecule has 7 heteroatoms. The van der Waals surface area contributed by atoms with E-state index in [4.69, 9.17) is 26.9 Å². The van der Waals surface area contributed by atoms with Crippen molar-refractivity contribution in [1.82, 2.24) is 0 Å². The molecule has 0 aliphatic rings. The van der Waals surface area contributed by atoms with Gasteiger partial charge in [-0.05, 0) is 19.9 Å². The highest BCUT2D eigenvalue weighted by molar-refractivity contribution is 6.31. The summed E-state index contributed by atoms with van der Waals surface area (Å²) in [5, 5.41) is 27.3. The standard InChI is InChI=1S/C11H16ClNO.NO3/c1-8(2)13-7-11(14)9-5-3-4-6-10(9)12;2-1(3)4/h3-6,8,11,13-14H,7H2,1-2H3;/q;-1/p+1/t11-;/m0./s1. The maximum Gasteiger partial charge on any atom is 0.129 e. The Labute approximate surface area is 110 Å². The van der Waals surface area contributed by atoms with Gasteiger partial charge in [0.25, 0.3) is 0 Å². The molecule has 1 aromatic rings. The number of rotatable bonds is 4. The molecule has 1 aromatic carbocycles. The van der Waals surface area contributed by atoms with Crippen LogP contribution in [0.1, 0.15) is 25.5 Å². The smallest absolute Gasteiger partial charge is 0.129 e.